The maximum atomic E-state index is 13.3. The lowest BCUT2D eigenvalue weighted by molar-refractivity contribution is -0.126. The highest BCUT2D eigenvalue weighted by Gasteiger charge is 2.35. The average Bonchev–Trinajstić information content (AvgIpc) is 2.73. The predicted octanol–water partition coefficient (Wildman–Crippen LogP) is 2.44. The molecular weight excluding hydrogens is 342 g/mol. The molecule has 0 saturated heterocycles. The number of benzene rings is 2. The second kappa shape index (κ2) is 7.23. The van der Waals surface area contributed by atoms with Crippen LogP contribution >= 0.6 is 0 Å². The summed E-state index contributed by atoms with van der Waals surface area (Å²) in [4.78, 5) is 26.5. The number of carbonyl (C=O) groups is 2. The molecule has 0 bridgehead atoms. The standard InChI is InChI=1S/C21H21N3O3/c1-27-18-9-5-4-8-16(18)20-15-7-3-2-6-14(15)12-13-24(20)21(26)17-10-11-19(25)23-22-17/h2-9,20H,10-13H2,1H3,(H,23,25). The molecule has 0 fully saturated rings. The molecule has 2 aliphatic rings. The Morgan fingerprint density at radius 2 is 1.81 bits per heavy atom. The van der Waals surface area contributed by atoms with Crippen molar-refractivity contribution in [2.24, 2.45) is 5.10 Å². The minimum atomic E-state index is -0.251. The first-order valence-corrected chi connectivity index (χ1v) is 9.06. The third kappa shape index (κ3) is 3.18. The molecular formula is C21H21N3O3. The maximum absolute atomic E-state index is 13.3. The number of hydrazone groups is 1. The molecule has 6 nitrogen and oxygen atoms in total. The van der Waals surface area contributed by atoms with Crippen molar-refractivity contribution in [1.82, 2.24) is 10.3 Å². The van der Waals surface area contributed by atoms with Crippen molar-refractivity contribution in [3.63, 3.8) is 0 Å². The number of carbonyl (C=O) groups excluding carboxylic acids is 2. The van der Waals surface area contributed by atoms with E-state index in [2.05, 4.69) is 22.7 Å². The summed E-state index contributed by atoms with van der Waals surface area (Å²) < 4.78 is 5.58. The predicted molar refractivity (Wildman–Crippen MR) is 102 cm³/mol. The van der Waals surface area contributed by atoms with Gasteiger partial charge in [-0.2, -0.15) is 5.10 Å². The molecule has 0 radical (unpaired) electrons. The summed E-state index contributed by atoms with van der Waals surface area (Å²) in [5.74, 6) is 0.452. The normalized spacial score (nSPS) is 19.0. The fourth-order valence-electron chi connectivity index (χ4n) is 3.81. The molecule has 1 unspecified atom stereocenters. The summed E-state index contributed by atoms with van der Waals surface area (Å²) in [5, 5.41) is 4.01. The van der Waals surface area contributed by atoms with E-state index in [-0.39, 0.29) is 24.3 Å². The molecule has 2 aromatic carbocycles. The number of para-hydroxylation sites is 1. The maximum Gasteiger partial charge on any atom is 0.270 e. The molecule has 0 spiro atoms. The Bertz CT molecular complexity index is 922. The van der Waals surface area contributed by atoms with E-state index in [1.54, 1.807) is 7.11 Å². The molecule has 1 atom stereocenters. The topological polar surface area (TPSA) is 71.0 Å². The number of fused-ring (bicyclic) bond motifs is 1. The van der Waals surface area contributed by atoms with Gasteiger partial charge in [-0.15, -0.1) is 0 Å². The lowest BCUT2D eigenvalue weighted by Crippen LogP contribution is -2.45. The molecule has 2 amide bonds. The molecule has 0 aliphatic carbocycles. The summed E-state index contributed by atoms with van der Waals surface area (Å²) in [5.41, 5.74) is 6.10. The van der Waals surface area contributed by atoms with E-state index in [4.69, 9.17) is 4.74 Å². The third-order valence-electron chi connectivity index (χ3n) is 5.13. The highest BCUT2D eigenvalue weighted by molar-refractivity contribution is 6.39. The number of ether oxygens (including phenoxy) is 1. The smallest absolute Gasteiger partial charge is 0.270 e. The van der Waals surface area contributed by atoms with Crippen molar-refractivity contribution in [1.29, 1.82) is 0 Å². The van der Waals surface area contributed by atoms with E-state index in [0.29, 0.717) is 18.7 Å². The van der Waals surface area contributed by atoms with Gasteiger partial charge in [0.2, 0.25) is 5.91 Å². The van der Waals surface area contributed by atoms with Crippen molar-refractivity contribution in [2.75, 3.05) is 13.7 Å². The fourth-order valence-corrected chi connectivity index (χ4v) is 3.81. The number of hydrogen-bond donors (Lipinski definition) is 1. The molecule has 27 heavy (non-hydrogen) atoms. The van der Waals surface area contributed by atoms with Crippen LogP contribution in [0.2, 0.25) is 0 Å². The van der Waals surface area contributed by atoms with Gasteiger partial charge in [0.15, 0.2) is 0 Å². The van der Waals surface area contributed by atoms with Gasteiger partial charge in [-0.05, 0) is 23.6 Å². The summed E-state index contributed by atoms with van der Waals surface area (Å²) in [6.45, 7) is 0.589. The Morgan fingerprint density at radius 3 is 2.56 bits per heavy atom. The first-order valence-electron chi connectivity index (χ1n) is 9.06. The number of amides is 2. The molecule has 2 aromatic rings. The van der Waals surface area contributed by atoms with E-state index >= 15 is 0 Å². The van der Waals surface area contributed by atoms with Gasteiger partial charge >= 0.3 is 0 Å². The van der Waals surface area contributed by atoms with Crippen molar-refractivity contribution in [3.05, 3.63) is 65.2 Å². The van der Waals surface area contributed by atoms with Crippen LogP contribution in [0.1, 0.15) is 35.6 Å². The van der Waals surface area contributed by atoms with Gasteiger partial charge in [-0.25, -0.2) is 5.43 Å². The average molecular weight is 363 g/mol. The summed E-state index contributed by atoms with van der Waals surface area (Å²) in [6.07, 6.45) is 1.43. The minimum absolute atomic E-state index is 0.139. The van der Waals surface area contributed by atoms with E-state index in [0.717, 1.165) is 23.3 Å². The molecule has 1 N–H and O–H groups in total. The second-order valence-corrected chi connectivity index (χ2v) is 6.69. The number of hydrogen-bond acceptors (Lipinski definition) is 4. The number of methoxy groups -OCH3 is 1. The van der Waals surface area contributed by atoms with Crippen LogP contribution in [-0.2, 0) is 16.0 Å². The highest BCUT2D eigenvalue weighted by atomic mass is 16.5. The molecule has 0 aromatic heterocycles. The Balaban J connectivity index is 1.79. The van der Waals surface area contributed by atoms with E-state index in [9.17, 15) is 9.59 Å². The zero-order valence-electron chi connectivity index (χ0n) is 15.1. The van der Waals surface area contributed by atoms with Crippen LogP contribution in [0, 0.1) is 0 Å². The minimum Gasteiger partial charge on any atom is -0.496 e. The molecule has 138 valence electrons. The summed E-state index contributed by atoms with van der Waals surface area (Å²) in [7, 11) is 1.64. The van der Waals surface area contributed by atoms with Gasteiger partial charge < -0.3 is 9.64 Å². The van der Waals surface area contributed by atoms with Crippen LogP contribution in [0.4, 0.5) is 0 Å². The Morgan fingerprint density at radius 1 is 1.07 bits per heavy atom. The Labute approximate surface area is 157 Å². The second-order valence-electron chi connectivity index (χ2n) is 6.69. The van der Waals surface area contributed by atoms with Gasteiger partial charge in [-0.3, -0.25) is 9.59 Å². The van der Waals surface area contributed by atoms with Gasteiger partial charge in [0, 0.05) is 24.9 Å². The van der Waals surface area contributed by atoms with Crippen molar-refractivity contribution >= 4 is 17.5 Å². The first kappa shape index (κ1) is 17.3. The monoisotopic (exact) mass is 363 g/mol. The molecule has 0 saturated carbocycles. The first-order chi connectivity index (χ1) is 13.2. The van der Waals surface area contributed by atoms with Crippen LogP contribution < -0.4 is 10.2 Å². The third-order valence-corrected chi connectivity index (χ3v) is 5.13. The van der Waals surface area contributed by atoms with E-state index < -0.39 is 0 Å². The Hall–Kier alpha value is -3.15. The molecule has 6 heteroatoms. The van der Waals surface area contributed by atoms with Crippen LogP contribution in [0.15, 0.2) is 53.6 Å². The van der Waals surface area contributed by atoms with Gasteiger partial charge in [0.05, 0.1) is 13.2 Å². The molecule has 4 rings (SSSR count). The van der Waals surface area contributed by atoms with Crippen molar-refractivity contribution < 1.29 is 14.3 Å². The van der Waals surface area contributed by atoms with Crippen LogP contribution in [0.25, 0.3) is 0 Å². The molecule has 2 aliphatic heterocycles. The Kier molecular flexibility index (Phi) is 4.62. The van der Waals surface area contributed by atoms with Crippen molar-refractivity contribution in [3.8, 4) is 5.75 Å². The number of rotatable bonds is 3. The zero-order valence-corrected chi connectivity index (χ0v) is 15.1. The molecule has 2 heterocycles. The van der Waals surface area contributed by atoms with Gasteiger partial charge in [-0.1, -0.05) is 42.5 Å². The summed E-state index contributed by atoms with van der Waals surface area (Å²) >= 11 is 0. The SMILES string of the molecule is COc1ccccc1C1c2ccccc2CCN1C(=O)C1=NNC(=O)CC1. The van der Waals surface area contributed by atoms with E-state index in [1.165, 1.54) is 5.56 Å². The largest absolute Gasteiger partial charge is 0.496 e. The van der Waals surface area contributed by atoms with Crippen LogP contribution in [-0.4, -0.2) is 36.1 Å². The fraction of sp³-hybridized carbons (Fsp3) is 0.286. The zero-order chi connectivity index (χ0) is 18.8. The lowest BCUT2D eigenvalue weighted by Gasteiger charge is -2.38. The lowest BCUT2D eigenvalue weighted by atomic mass is 9.87. The quantitative estimate of drug-likeness (QED) is 0.910. The van der Waals surface area contributed by atoms with Crippen LogP contribution in [0.5, 0.6) is 5.75 Å². The highest BCUT2D eigenvalue weighted by Crippen LogP contribution is 2.39. The van der Waals surface area contributed by atoms with Crippen molar-refractivity contribution in [2.45, 2.75) is 25.3 Å². The number of nitrogens with one attached hydrogen (secondary N) is 1. The summed E-state index contributed by atoms with van der Waals surface area (Å²) in [6, 6.07) is 15.7. The van der Waals surface area contributed by atoms with Crippen LogP contribution in [0.3, 0.4) is 0 Å². The van der Waals surface area contributed by atoms with E-state index in [1.807, 2.05) is 41.3 Å². The number of nitrogens with zero attached hydrogens (tertiary/aromatic N) is 2. The van der Waals surface area contributed by atoms with Gasteiger partial charge in [0.25, 0.3) is 5.91 Å². The van der Waals surface area contributed by atoms with Gasteiger partial charge in [0.1, 0.15) is 11.5 Å².